The number of hydrogen-bond donors (Lipinski definition) is 4. The van der Waals surface area contributed by atoms with Crippen LogP contribution in [0.5, 0.6) is 0 Å². The molecule has 0 aliphatic heterocycles. The number of nitrogens with one attached hydrogen (secondary N) is 3. The van der Waals surface area contributed by atoms with Gasteiger partial charge in [0, 0.05) is 17.0 Å². The molecule has 0 aliphatic rings. The van der Waals surface area contributed by atoms with E-state index in [1.165, 1.54) is 24.3 Å². The van der Waals surface area contributed by atoms with Crippen LogP contribution in [0.4, 0.5) is 34.6 Å². The van der Waals surface area contributed by atoms with Gasteiger partial charge in [-0.15, -0.1) is 0 Å². The van der Waals surface area contributed by atoms with Crippen LogP contribution in [-0.4, -0.2) is 21.4 Å². The van der Waals surface area contributed by atoms with Crippen molar-refractivity contribution in [1.29, 1.82) is 0 Å². The Labute approximate surface area is 206 Å². The SMILES string of the molecule is CNS(=O)(=O)Nc1cccc(Cc2cc(C(N)=O)c(Nc3ccc(I)cc3F)c(F)c2F)c1F. The van der Waals surface area contributed by atoms with Crippen molar-refractivity contribution >= 4 is 55.8 Å². The van der Waals surface area contributed by atoms with Gasteiger partial charge in [0.25, 0.3) is 16.1 Å². The predicted octanol–water partition coefficient (Wildman–Crippen LogP) is 4.16. The second kappa shape index (κ2) is 10.1. The number of rotatable bonds is 8. The lowest BCUT2D eigenvalue weighted by Gasteiger charge is -2.16. The van der Waals surface area contributed by atoms with Gasteiger partial charge in [0.15, 0.2) is 17.5 Å². The summed E-state index contributed by atoms with van der Waals surface area (Å²) in [5.74, 6) is -5.86. The van der Waals surface area contributed by atoms with Crippen LogP contribution in [0, 0.1) is 26.8 Å². The van der Waals surface area contributed by atoms with Gasteiger partial charge in [-0.3, -0.25) is 9.52 Å². The lowest BCUT2D eigenvalue weighted by atomic mass is 9.99. The van der Waals surface area contributed by atoms with E-state index in [9.17, 15) is 30.8 Å². The number of anilines is 3. The molecule has 3 aromatic rings. The van der Waals surface area contributed by atoms with Crippen LogP contribution in [0.2, 0.25) is 0 Å². The summed E-state index contributed by atoms with van der Waals surface area (Å²) in [4.78, 5) is 12.0. The van der Waals surface area contributed by atoms with Crippen LogP contribution >= 0.6 is 22.6 Å². The molecule has 0 radical (unpaired) electrons. The number of halogens is 5. The number of carbonyl (C=O) groups excluding carboxylic acids is 1. The van der Waals surface area contributed by atoms with Gasteiger partial charge >= 0.3 is 0 Å². The largest absolute Gasteiger partial charge is 0.366 e. The normalized spacial score (nSPS) is 11.4. The van der Waals surface area contributed by atoms with Crippen molar-refractivity contribution < 1.29 is 30.8 Å². The van der Waals surface area contributed by atoms with Crippen LogP contribution in [0.15, 0.2) is 42.5 Å². The molecule has 0 spiro atoms. The van der Waals surface area contributed by atoms with E-state index in [1.807, 2.05) is 32.0 Å². The summed E-state index contributed by atoms with van der Waals surface area (Å²) in [6.45, 7) is 0. The summed E-state index contributed by atoms with van der Waals surface area (Å²) in [6, 6.07) is 8.55. The molecule has 5 N–H and O–H groups in total. The molecule has 0 atom stereocenters. The minimum absolute atomic E-state index is 0.186. The minimum Gasteiger partial charge on any atom is -0.366 e. The molecule has 7 nitrogen and oxygen atoms in total. The molecule has 3 aromatic carbocycles. The molecular weight excluding hydrogens is 591 g/mol. The van der Waals surface area contributed by atoms with Gasteiger partial charge in [0.1, 0.15) is 5.82 Å². The molecule has 0 aromatic heterocycles. The first-order chi connectivity index (χ1) is 15.9. The Kier molecular flexibility index (Phi) is 7.67. The molecule has 0 unspecified atom stereocenters. The fourth-order valence-corrected chi connectivity index (χ4v) is 4.05. The molecule has 13 heteroatoms. The Bertz CT molecular complexity index is 1390. The number of benzene rings is 3. The quantitative estimate of drug-likeness (QED) is 0.227. The Morgan fingerprint density at radius 1 is 0.971 bits per heavy atom. The molecule has 0 aliphatic carbocycles. The van der Waals surface area contributed by atoms with Crippen molar-refractivity contribution in [3.63, 3.8) is 0 Å². The average Bonchev–Trinajstić information content (AvgIpc) is 2.77. The van der Waals surface area contributed by atoms with Crippen molar-refractivity contribution in [3.05, 3.63) is 86.0 Å². The zero-order valence-electron chi connectivity index (χ0n) is 17.3. The maximum absolute atomic E-state index is 15.0. The first-order valence-corrected chi connectivity index (χ1v) is 12.0. The van der Waals surface area contributed by atoms with E-state index in [0.717, 1.165) is 25.2 Å². The fourth-order valence-electron chi connectivity index (χ4n) is 3.05. The Morgan fingerprint density at radius 3 is 2.29 bits per heavy atom. The van der Waals surface area contributed by atoms with Gasteiger partial charge in [0.2, 0.25) is 0 Å². The summed E-state index contributed by atoms with van der Waals surface area (Å²) in [5, 5.41) is 2.35. The fraction of sp³-hybridized carbons (Fsp3) is 0.0952. The third-order valence-corrected chi connectivity index (χ3v) is 6.41. The zero-order valence-corrected chi connectivity index (χ0v) is 20.3. The van der Waals surface area contributed by atoms with Crippen molar-refractivity contribution in [1.82, 2.24) is 4.72 Å². The predicted molar refractivity (Wildman–Crippen MR) is 128 cm³/mol. The van der Waals surface area contributed by atoms with Crippen molar-refractivity contribution in [3.8, 4) is 0 Å². The Hall–Kier alpha value is -2.91. The monoisotopic (exact) mass is 608 g/mol. The van der Waals surface area contributed by atoms with Crippen LogP contribution in [-0.2, 0) is 16.6 Å². The number of hydrogen-bond acceptors (Lipinski definition) is 4. The van der Waals surface area contributed by atoms with Gasteiger partial charge in [-0.2, -0.15) is 8.42 Å². The second-order valence-corrected chi connectivity index (χ2v) is 9.83. The molecule has 34 heavy (non-hydrogen) atoms. The van der Waals surface area contributed by atoms with E-state index in [0.29, 0.717) is 3.57 Å². The van der Waals surface area contributed by atoms with E-state index in [2.05, 4.69) is 5.32 Å². The highest BCUT2D eigenvalue weighted by molar-refractivity contribution is 14.1. The molecule has 0 bridgehead atoms. The van der Waals surface area contributed by atoms with Gasteiger partial charge in [0.05, 0.1) is 22.6 Å². The topological polar surface area (TPSA) is 113 Å². The lowest BCUT2D eigenvalue weighted by Crippen LogP contribution is -2.27. The van der Waals surface area contributed by atoms with E-state index >= 15 is 0 Å². The van der Waals surface area contributed by atoms with Gasteiger partial charge in [-0.1, -0.05) is 12.1 Å². The van der Waals surface area contributed by atoms with Gasteiger partial charge in [-0.25, -0.2) is 22.3 Å². The van der Waals surface area contributed by atoms with Crippen LogP contribution in [0.25, 0.3) is 0 Å². The average molecular weight is 608 g/mol. The first kappa shape index (κ1) is 25.7. The van der Waals surface area contributed by atoms with Crippen molar-refractivity contribution in [2.75, 3.05) is 17.1 Å². The van der Waals surface area contributed by atoms with Gasteiger partial charge < -0.3 is 11.1 Å². The smallest absolute Gasteiger partial charge is 0.298 e. The summed E-state index contributed by atoms with van der Waals surface area (Å²) < 4.78 is 86.7. The Balaban J connectivity index is 2.04. The van der Waals surface area contributed by atoms with Crippen molar-refractivity contribution in [2.45, 2.75) is 6.42 Å². The molecule has 0 saturated heterocycles. The maximum Gasteiger partial charge on any atom is 0.298 e. The summed E-state index contributed by atoms with van der Waals surface area (Å²) >= 11 is 1.86. The third-order valence-electron chi connectivity index (χ3n) is 4.71. The molecule has 180 valence electrons. The molecule has 3 rings (SSSR count). The van der Waals surface area contributed by atoms with Crippen LogP contribution in [0.1, 0.15) is 21.5 Å². The Morgan fingerprint density at radius 2 is 1.68 bits per heavy atom. The summed E-state index contributed by atoms with van der Waals surface area (Å²) in [6.07, 6.45) is -0.540. The third kappa shape index (κ3) is 5.59. The highest BCUT2D eigenvalue weighted by atomic mass is 127. The summed E-state index contributed by atoms with van der Waals surface area (Å²) in [5.41, 5.74) is 2.92. The molecule has 0 fully saturated rings. The lowest BCUT2D eigenvalue weighted by molar-refractivity contribution is 0.100. The standard InChI is InChI=1S/C21H17F4IN4O3S/c1-28-34(32,33)30-16-4-2-3-10(17(16)23)7-11-8-13(21(27)31)20(19(25)18(11)24)29-15-6-5-12(26)9-14(15)22/h2-6,8-9,28-30H,7H2,1H3,(H2,27,31). The van der Waals surface area contributed by atoms with Crippen molar-refractivity contribution in [2.24, 2.45) is 5.73 Å². The molecule has 1 amide bonds. The van der Waals surface area contributed by atoms with E-state index < -0.39 is 68.3 Å². The molecular formula is C21H17F4IN4O3S. The highest BCUT2D eigenvalue weighted by Gasteiger charge is 2.24. The molecule has 0 heterocycles. The second-order valence-electron chi connectivity index (χ2n) is 6.96. The van der Waals surface area contributed by atoms with E-state index in [1.54, 1.807) is 0 Å². The first-order valence-electron chi connectivity index (χ1n) is 9.45. The molecule has 0 saturated carbocycles. The maximum atomic E-state index is 15.0. The number of carbonyl (C=O) groups is 1. The minimum atomic E-state index is -4.03. The van der Waals surface area contributed by atoms with Crippen LogP contribution < -0.4 is 20.5 Å². The van der Waals surface area contributed by atoms with Gasteiger partial charge in [-0.05, 0) is 64.0 Å². The van der Waals surface area contributed by atoms with Crippen LogP contribution in [0.3, 0.4) is 0 Å². The van der Waals surface area contributed by atoms with E-state index in [4.69, 9.17) is 5.73 Å². The van der Waals surface area contributed by atoms with E-state index in [-0.39, 0.29) is 11.3 Å². The number of primary amides is 1. The number of nitrogens with two attached hydrogens (primary N) is 1. The summed E-state index contributed by atoms with van der Waals surface area (Å²) in [7, 11) is -2.92. The number of amides is 1. The highest BCUT2D eigenvalue weighted by Crippen LogP contribution is 2.32. The zero-order chi connectivity index (χ0) is 25.2.